The van der Waals surface area contributed by atoms with Crippen LogP contribution < -0.4 is 19.5 Å². The highest BCUT2D eigenvalue weighted by molar-refractivity contribution is 7.89. The summed E-state index contributed by atoms with van der Waals surface area (Å²) < 4.78 is 37.2. The van der Waals surface area contributed by atoms with E-state index in [-0.39, 0.29) is 11.7 Å². The molecular weight excluding hydrogens is 332 g/mol. The second-order valence-electron chi connectivity index (χ2n) is 5.21. The molecule has 0 aromatic heterocycles. The Morgan fingerprint density at radius 1 is 1.08 bits per heavy atom. The van der Waals surface area contributed by atoms with E-state index < -0.39 is 22.0 Å². The summed E-state index contributed by atoms with van der Waals surface area (Å²) in [5, 5.41) is 2.64. The molecule has 1 atom stereocenters. The number of rotatable bonds is 5. The van der Waals surface area contributed by atoms with Crippen LogP contribution in [0.2, 0.25) is 0 Å². The minimum Gasteiger partial charge on any atom is -0.454 e. The van der Waals surface area contributed by atoms with Gasteiger partial charge in [-0.05, 0) is 31.2 Å². The standard InChI is InChI=1S/C16H16N2O5S/c1-11(18-24(20,21)13-5-3-2-4-6-13)16(19)17-12-7-8-14-15(9-12)23-10-22-14/h2-9,11,18H,10H2,1H3,(H,17,19)/t11-/m1/s1. The molecule has 1 heterocycles. The van der Waals surface area contributed by atoms with Gasteiger partial charge in [0.2, 0.25) is 22.7 Å². The van der Waals surface area contributed by atoms with Crippen LogP contribution in [0.3, 0.4) is 0 Å². The van der Waals surface area contributed by atoms with Gasteiger partial charge in [-0.15, -0.1) is 0 Å². The number of carbonyl (C=O) groups is 1. The number of fused-ring (bicyclic) bond motifs is 1. The molecule has 126 valence electrons. The molecule has 0 fully saturated rings. The average Bonchev–Trinajstić information content (AvgIpc) is 3.03. The monoisotopic (exact) mass is 348 g/mol. The topological polar surface area (TPSA) is 93.7 Å². The summed E-state index contributed by atoms with van der Waals surface area (Å²) in [5.74, 6) is 0.657. The summed E-state index contributed by atoms with van der Waals surface area (Å²) in [4.78, 5) is 12.3. The maximum absolute atomic E-state index is 12.2. The Balaban J connectivity index is 1.67. The lowest BCUT2D eigenvalue weighted by Gasteiger charge is -2.14. The van der Waals surface area contributed by atoms with Crippen LogP contribution in [0.15, 0.2) is 53.4 Å². The minimum absolute atomic E-state index is 0.104. The average molecular weight is 348 g/mol. The van der Waals surface area contributed by atoms with Gasteiger partial charge < -0.3 is 14.8 Å². The highest BCUT2D eigenvalue weighted by atomic mass is 32.2. The van der Waals surface area contributed by atoms with Crippen molar-refractivity contribution in [3.05, 3.63) is 48.5 Å². The molecule has 0 radical (unpaired) electrons. The van der Waals surface area contributed by atoms with Gasteiger partial charge in [-0.3, -0.25) is 4.79 Å². The van der Waals surface area contributed by atoms with Crippen LogP contribution in [0.1, 0.15) is 6.92 Å². The van der Waals surface area contributed by atoms with E-state index in [1.54, 1.807) is 36.4 Å². The fourth-order valence-electron chi connectivity index (χ4n) is 2.18. The third-order valence-corrected chi connectivity index (χ3v) is 4.98. The van der Waals surface area contributed by atoms with Gasteiger partial charge in [0, 0.05) is 11.8 Å². The second-order valence-corrected chi connectivity index (χ2v) is 6.93. The van der Waals surface area contributed by atoms with Gasteiger partial charge in [0.25, 0.3) is 0 Å². The lowest BCUT2D eigenvalue weighted by atomic mass is 10.2. The normalized spacial score (nSPS) is 14.2. The fourth-order valence-corrected chi connectivity index (χ4v) is 3.40. The molecule has 0 saturated heterocycles. The highest BCUT2D eigenvalue weighted by Crippen LogP contribution is 2.34. The van der Waals surface area contributed by atoms with Gasteiger partial charge in [-0.2, -0.15) is 4.72 Å². The zero-order chi connectivity index (χ0) is 17.2. The van der Waals surface area contributed by atoms with Gasteiger partial charge in [0.15, 0.2) is 11.5 Å². The molecule has 2 N–H and O–H groups in total. The zero-order valence-electron chi connectivity index (χ0n) is 12.9. The van der Waals surface area contributed by atoms with Crippen molar-refractivity contribution in [2.24, 2.45) is 0 Å². The smallest absolute Gasteiger partial charge is 0.242 e. The van der Waals surface area contributed by atoms with Crippen molar-refractivity contribution >= 4 is 21.6 Å². The molecule has 8 heteroatoms. The number of amides is 1. The molecule has 0 saturated carbocycles. The van der Waals surface area contributed by atoms with E-state index in [0.29, 0.717) is 17.2 Å². The number of nitrogens with one attached hydrogen (secondary N) is 2. The summed E-state index contributed by atoms with van der Waals surface area (Å²) in [7, 11) is -3.76. The van der Waals surface area contributed by atoms with Crippen LogP contribution in [0.4, 0.5) is 5.69 Å². The molecule has 0 aliphatic carbocycles. The number of ether oxygens (including phenoxy) is 2. The third kappa shape index (κ3) is 3.50. The molecule has 2 aromatic rings. The summed E-state index contributed by atoms with van der Waals surface area (Å²) >= 11 is 0. The third-order valence-electron chi connectivity index (χ3n) is 3.42. The molecule has 0 unspecified atom stereocenters. The number of sulfonamides is 1. The Hall–Kier alpha value is -2.58. The predicted octanol–water partition coefficient (Wildman–Crippen LogP) is 1.72. The van der Waals surface area contributed by atoms with Crippen LogP contribution in [-0.2, 0) is 14.8 Å². The van der Waals surface area contributed by atoms with E-state index in [2.05, 4.69) is 10.0 Å². The van der Waals surface area contributed by atoms with Crippen LogP contribution >= 0.6 is 0 Å². The maximum Gasteiger partial charge on any atom is 0.242 e. The largest absolute Gasteiger partial charge is 0.454 e. The van der Waals surface area contributed by atoms with Crippen LogP contribution in [-0.4, -0.2) is 27.2 Å². The quantitative estimate of drug-likeness (QED) is 0.858. The van der Waals surface area contributed by atoms with Crippen molar-refractivity contribution in [2.45, 2.75) is 17.9 Å². The molecule has 3 rings (SSSR count). The maximum atomic E-state index is 12.2. The van der Waals surface area contributed by atoms with Crippen molar-refractivity contribution in [2.75, 3.05) is 12.1 Å². The van der Waals surface area contributed by atoms with Crippen molar-refractivity contribution in [3.8, 4) is 11.5 Å². The minimum atomic E-state index is -3.76. The van der Waals surface area contributed by atoms with Crippen molar-refractivity contribution in [1.82, 2.24) is 4.72 Å². The Labute approximate surface area is 139 Å². The van der Waals surface area contributed by atoms with E-state index >= 15 is 0 Å². The van der Waals surface area contributed by atoms with Gasteiger partial charge in [0.05, 0.1) is 10.9 Å². The summed E-state index contributed by atoms with van der Waals surface area (Å²) in [6.07, 6.45) is 0. The lowest BCUT2D eigenvalue weighted by molar-refractivity contribution is -0.117. The number of benzene rings is 2. The molecule has 7 nitrogen and oxygen atoms in total. The van der Waals surface area contributed by atoms with E-state index in [1.165, 1.54) is 19.1 Å². The SMILES string of the molecule is C[C@@H](NS(=O)(=O)c1ccccc1)C(=O)Nc1ccc2c(c1)OCO2. The first-order valence-corrected chi connectivity index (χ1v) is 8.72. The van der Waals surface area contributed by atoms with Gasteiger partial charge in [-0.1, -0.05) is 18.2 Å². The predicted molar refractivity (Wildman–Crippen MR) is 87.4 cm³/mol. The van der Waals surface area contributed by atoms with Crippen molar-refractivity contribution in [1.29, 1.82) is 0 Å². The molecule has 1 aliphatic rings. The van der Waals surface area contributed by atoms with Crippen LogP contribution in [0.25, 0.3) is 0 Å². The molecule has 0 bridgehead atoms. The Bertz CT molecular complexity index is 852. The first-order chi connectivity index (χ1) is 11.5. The van der Waals surface area contributed by atoms with E-state index in [1.807, 2.05) is 0 Å². The molecule has 1 aliphatic heterocycles. The molecular formula is C16H16N2O5S. The lowest BCUT2D eigenvalue weighted by Crippen LogP contribution is -2.41. The van der Waals surface area contributed by atoms with E-state index in [9.17, 15) is 13.2 Å². The second kappa shape index (κ2) is 6.50. The number of hydrogen-bond acceptors (Lipinski definition) is 5. The molecule has 0 spiro atoms. The molecule has 1 amide bonds. The molecule has 2 aromatic carbocycles. The van der Waals surface area contributed by atoms with Crippen LogP contribution in [0.5, 0.6) is 11.5 Å². The van der Waals surface area contributed by atoms with E-state index in [4.69, 9.17) is 9.47 Å². The molecule has 24 heavy (non-hydrogen) atoms. The number of carbonyl (C=O) groups excluding carboxylic acids is 1. The number of anilines is 1. The Kier molecular flexibility index (Phi) is 4.41. The highest BCUT2D eigenvalue weighted by Gasteiger charge is 2.22. The Morgan fingerprint density at radius 3 is 2.54 bits per heavy atom. The Morgan fingerprint density at radius 2 is 1.79 bits per heavy atom. The van der Waals surface area contributed by atoms with Crippen LogP contribution in [0, 0.1) is 0 Å². The van der Waals surface area contributed by atoms with E-state index in [0.717, 1.165) is 0 Å². The summed E-state index contributed by atoms with van der Waals surface area (Å²) in [6.45, 7) is 1.61. The fraction of sp³-hybridized carbons (Fsp3) is 0.188. The first-order valence-electron chi connectivity index (χ1n) is 7.23. The number of hydrogen-bond donors (Lipinski definition) is 2. The summed E-state index contributed by atoms with van der Waals surface area (Å²) in [6, 6.07) is 11.9. The zero-order valence-corrected chi connectivity index (χ0v) is 13.7. The summed E-state index contributed by atoms with van der Waals surface area (Å²) in [5.41, 5.74) is 0.495. The van der Waals surface area contributed by atoms with Crippen molar-refractivity contribution in [3.63, 3.8) is 0 Å². The van der Waals surface area contributed by atoms with Gasteiger partial charge in [-0.25, -0.2) is 8.42 Å². The van der Waals surface area contributed by atoms with Crippen molar-refractivity contribution < 1.29 is 22.7 Å². The van der Waals surface area contributed by atoms with Gasteiger partial charge in [0.1, 0.15) is 0 Å². The first kappa shape index (κ1) is 16.3. The van der Waals surface area contributed by atoms with Gasteiger partial charge >= 0.3 is 0 Å².